The molecule has 0 N–H and O–H groups in total. The van der Waals surface area contributed by atoms with Gasteiger partial charge in [-0.15, -0.1) is 0 Å². The van der Waals surface area contributed by atoms with Crippen LogP contribution >= 0.6 is 0 Å². The first-order valence-corrected chi connectivity index (χ1v) is 10.7. The van der Waals surface area contributed by atoms with Gasteiger partial charge in [0, 0.05) is 31.7 Å². The van der Waals surface area contributed by atoms with E-state index in [0.29, 0.717) is 23.4 Å². The number of hydrogen-bond acceptors (Lipinski definition) is 3. The normalized spacial score (nSPS) is 20.3. The topological polar surface area (TPSA) is 57.7 Å². The van der Waals surface area contributed by atoms with Gasteiger partial charge >= 0.3 is 0 Å². The van der Waals surface area contributed by atoms with Crippen molar-refractivity contribution < 1.29 is 13.2 Å². The molecule has 6 heteroatoms. The van der Waals surface area contributed by atoms with E-state index in [-0.39, 0.29) is 11.9 Å². The molecule has 2 fully saturated rings. The second kappa shape index (κ2) is 7.46. The van der Waals surface area contributed by atoms with E-state index in [4.69, 9.17) is 0 Å². The Morgan fingerprint density at radius 3 is 2.32 bits per heavy atom. The average molecular weight is 365 g/mol. The van der Waals surface area contributed by atoms with Gasteiger partial charge in [0.2, 0.25) is 15.9 Å². The molecule has 1 saturated heterocycles. The van der Waals surface area contributed by atoms with Gasteiger partial charge in [0.15, 0.2) is 0 Å². The first-order chi connectivity index (χ1) is 11.9. The predicted molar refractivity (Wildman–Crippen MR) is 99.2 cm³/mol. The molecule has 1 aromatic rings. The van der Waals surface area contributed by atoms with Gasteiger partial charge in [0.05, 0.1) is 4.90 Å². The standard InChI is InChI=1S/C19H28N2O3S/c1-15-14-17(21-13-7-10-19(21)22)11-12-18(15)25(23,24)20(2)16-8-5-3-4-6-9-16/h11-12,14,16H,3-10,13H2,1-2H3. The fourth-order valence-electron chi connectivity index (χ4n) is 3.98. The Hall–Kier alpha value is -1.40. The molecule has 1 amide bonds. The van der Waals surface area contributed by atoms with Crippen LogP contribution in [0.15, 0.2) is 23.1 Å². The van der Waals surface area contributed by atoms with Crippen molar-refractivity contribution in [2.24, 2.45) is 0 Å². The van der Waals surface area contributed by atoms with Crippen LogP contribution in [0.3, 0.4) is 0 Å². The zero-order chi connectivity index (χ0) is 18.0. The first kappa shape index (κ1) is 18.4. The van der Waals surface area contributed by atoms with E-state index in [0.717, 1.165) is 37.8 Å². The average Bonchev–Trinajstić information content (AvgIpc) is 2.84. The fraction of sp³-hybridized carbons (Fsp3) is 0.632. The Kier molecular flexibility index (Phi) is 5.49. The molecule has 0 aromatic heterocycles. The lowest BCUT2D eigenvalue weighted by Crippen LogP contribution is -2.37. The van der Waals surface area contributed by atoms with Crippen LogP contribution in [0.5, 0.6) is 0 Å². The summed E-state index contributed by atoms with van der Waals surface area (Å²) in [4.78, 5) is 14.0. The molecule has 3 rings (SSSR count). The van der Waals surface area contributed by atoms with Gasteiger partial charge in [-0.1, -0.05) is 25.7 Å². The van der Waals surface area contributed by atoms with Crippen LogP contribution in [0.25, 0.3) is 0 Å². The summed E-state index contributed by atoms with van der Waals surface area (Å²) < 4.78 is 27.8. The molecule has 1 aliphatic carbocycles. The Morgan fingerprint density at radius 2 is 1.76 bits per heavy atom. The summed E-state index contributed by atoms with van der Waals surface area (Å²) in [6, 6.07) is 5.35. The number of anilines is 1. The van der Waals surface area contributed by atoms with Crippen LogP contribution in [0.1, 0.15) is 56.9 Å². The van der Waals surface area contributed by atoms with E-state index >= 15 is 0 Å². The predicted octanol–water partition coefficient (Wildman–Crippen LogP) is 3.47. The van der Waals surface area contributed by atoms with Crippen LogP contribution in [0, 0.1) is 6.92 Å². The molecule has 1 heterocycles. The van der Waals surface area contributed by atoms with Gasteiger partial charge in [0.1, 0.15) is 0 Å². The molecule has 0 bridgehead atoms. The SMILES string of the molecule is Cc1cc(N2CCCC2=O)ccc1S(=O)(=O)N(C)C1CCCCCC1. The van der Waals surface area contributed by atoms with Gasteiger partial charge in [-0.2, -0.15) is 4.31 Å². The molecule has 5 nitrogen and oxygen atoms in total. The number of aryl methyl sites for hydroxylation is 1. The number of nitrogens with zero attached hydrogens (tertiary/aromatic N) is 2. The minimum absolute atomic E-state index is 0.0896. The summed E-state index contributed by atoms with van der Waals surface area (Å²) in [5.41, 5.74) is 1.51. The second-order valence-electron chi connectivity index (χ2n) is 7.27. The zero-order valence-electron chi connectivity index (χ0n) is 15.2. The quantitative estimate of drug-likeness (QED) is 0.769. The lowest BCUT2D eigenvalue weighted by atomic mass is 10.1. The largest absolute Gasteiger partial charge is 0.312 e. The number of sulfonamides is 1. The molecule has 0 spiro atoms. The van der Waals surface area contributed by atoms with Crippen LogP contribution in [0.4, 0.5) is 5.69 Å². The third-order valence-corrected chi connectivity index (χ3v) is 7.61. The summed E-state index contributed by atoms with van der Waals surface area (Å²) in [6.45, 7) is 2.53. The highest BCUT2D eigenvalue weighted by atomic mass is 32.2. The van der Waals surface area contributed by atoms with Crippen LogP contribution in [0.2, 0.25) is 0 Å². The maximum Gasteiger partial charge on any atom is 0.243 e. The van der Waals surface area contributed by atoms with Gasteiger partial charge in [-0.05, 0) is 49.9 Å². The molecule has 2 aliphatic rings. The van der Waals surface area contributed by atoms with Crippen LogP contribution in [-0.2, 0) is 14.8 Å². The van der Waals surface area contributed by atoms with Crippen molar-refractivity contribution >= 4 is 21.6 Å². The summed E-state index contributed by atoms with van der Waals surface area (Å²) in [7, 11) is -1.80. The Balaban J connectivity index is 1.85. The molecule has 1 saturated carbocycles. The summed E-state index contributed by atoms with van der Waals surface area (Å²) in [5, 5.41) is 0. The van der Waals surface area contributed by atoms with E-state index in [1.54, 1.807) is 28.4 Å². The molecular formula is C19H28N2O3S. The van der Waals surface area contributed by atoms with Gasteiger partial charge < -0.3 is 4.90 Å². The lowest BCUT2D eigenvalue weighted by Gasteiger charge is -2.27. The minimum Gasteiger partial charge on any atom is -0.312 e. The van der Waals surface area contributed by atoms with Crippen molar-refractivity contribution in [3.8, 4) is 0 Å². The third-order valence-electron chi connectivity index (χ3n) is 5.54. The molecular weight excluding hydrogens is 336 g/mol. The van der Waals surface area contributed by atoms with E-state index in [9.17, 15) is 13.2 Å². The smallest absolute Gasteiger partial charge is 0.243 e. The van der Waals surface area contributed by atoms with Gasteiger partial charge in [-0.25, -0.2) is 8.42 Å². The lowest BCUT2D eigenvalue weighted by molar-refractivity contribution is -0.117. The molecule has 1 aliphatic heterocycles. The van der Waals surface area contributed by atoms with Crippen molar-refractivity contribution in [2.45, 2.75) is 69.2 Å². The minimum atomic E-state index is -3.51. The fourth-order valence-corrected chi connectivity index (χ4v) is 5.60. The second-order valence-corrected chi connectivity index (χ2v) is 9.23. The number of carbonyl (C=O) groups is 1. The molecule has 138 valence electrons. The van der Waals surface area contributed by atoms with Crippen molar-refractivity contribution in [3.63, 3.8) is 0 Å². The van der Waals surface area contributed by atoms with Crippen molar-refractivity contribution in [2.75, 3.05) is 18.5 Å². The van der Waals surface area contributed by atoms with Gasteiger partial charge in [0.25, 0.3) is 0 Å². The van der Waals surface area contributed by atoms with Crippen molar-refractivity contribution in [1.29, 1.82) is 0 Å². The Bertz CT molecular complexity index is 737. The monoisotopic (exact) mass is 364 g/mol. The van der Waals surface area contributed by atoms with Crippen molar-refractivity contribution in [1.82, 2.24) is 4.31 Å². The van der Waals surface area contributed by atoms with Crippen LogP contribution in [-0.4, -0.2) is 38.3 Å². The Morgan fingerprint density at radius 1 is 1.08 bits per heavy atom. The molecule has 0 atom stereocenters. The molecule has 0 radical (unpaired) electrons. The number of amides is 1. The zero-order valence-corrected chi connectivity index (χ0v) is 16.0. The van der Waals surface area contributed by atoms with E-state index in [2.05, 4.69) is 0 Å². The highest BCUT2D eigenvalue weighted by molar-refractivity contribution is 7.89. The number of carbonyl (C=O) groups excluding carboxylic acids is 1. The number of benzene rings is 1. The summed E-state index contributed by atoms with van der Waals surface area (Å²) >= 11 is 0. The number of rotatable bonds is 4. The van der Waals surface area contributed by atoms with Crippen molar-refractivity contribution in [3.05, 3.63) is 23.8 Å². The van der Waals surface area contributed by atoms with E-state index < -0.39 is 10.0 Å². The van der Waals surface area contributed by atoms with Gasteiger partial charge in [-0.3, -0.25) is 4.79 Å². The highest BCUT2D eigenvalue weighted by Gasteiger charge is 2.30. The summed E-state index contributed by atoms with van der Waals surface area (Å²) in [5.74, 6) is 0.116. The summed E-state index contributed by atoms with van der Waals surface area (Å²) in [6.07, 6.45) is 7.90. The maximum absolute atomic E-state index is 13.1. The molecule has 0 unspecified atom stereocenters. The third kappa shape index (κ3) is 3.75. The molecule has 25 heavy (non-hydrogen) atoms. The van der Waals surface area contributed by atoms with E-state index in [1.807, 2.05) is 13.0 Å². The van der Waals surface area contributed by atoms with Crippen LogP contribution < -0.4 is 4.90 Å². The first-order valence-electron chi connectivity index (χ1n) is 9.30. The highest BCUT2D eigenvalue weighted by Crippen LogP contribution is 2.30. The Labute approximate surface area is 151 Å². The molecule has 1 aromatic carbocycles. The maximum atomic E-state index is 13.1. The van der Waals surface area contributed by atoms with E-state index in [1.165, 1.54) is 12.8 Å². The number of hydrogen-bond donors (Lipinski definition) is 0.